The summed E-state index contributed by atoms with van der Waals surface area (Å²) < 4.78 is 3.88. The molecule has 2 N–H and O–H groups in total. The van der Waals surface area contributed by atoms with Gasteiger partial charge in [-0.05, 0) is 13.3 Å². The van der Waals surface area contributed by atoms with Crippen molar-refractivity contribution in [3.8, 4) is 0 Å². The molecule has 2 heterocycles. The van der Waals surface area contributed by atoms with E-state index in [0.717, 1.165) is 30.0 Å². The Kier molecular flexibility index (Phi) is 3.28. The maximum atomic E-state index is 6.29. The molecule has 5 nitrogen and oxygen atoms in total. The predicted octanol–water partition coefficient (Wildman–Crippen LogP) is 1.25. The lowest BCUT2D eigenvalue weighted by atomic mass is 10.1. The van der Waals surface area contributed by atoms with E-state index < -0.39 is 0 Å². The van der Waals surface area contributed by atoms with Gasteiger partial charge in [-0.25, -0.2) is 4.98 Å². The number of imidazole rings is 1. The van der Waals surface area contributed by atoms with Gasteiger partial charge in [0.05, 0.1) is 11.7 Å². The molecular weight excluding hydrogens is 214 g/mol. The lowest BCUT2D eigenvalue weighted by molar-refractivity contribution is 0.653. The van der Waals surface area contributed by atoms with Crippen molar-refractivity contribution in [2.75, 3.05) is 0 Å². The monoisotopic (exact) mass is 233 g/mol. The molecule has 0 aliphatic carbocycles. The van der Waals surface area contributed by atoms with Crippen molar-refractivity contribution in [1.82, 2.24) is 19.3 Å². The van der Waals surface area contributed by atoms with Gasteiger partial charge in [0, 0.05) is 37.7 Å². The summed E-state index contributed by atoms with van der Waals surface area (Å²) >= 11 is 0. The molecule has 0 bridgehead atoms. The standard InChI is InChI=1S/C12H19N5/c1-4-10-9(8-16(3)15-10)11(13)12-14-6-7-17(12)5-2/h6-8,11H,4-5,13H2,1-3H3. The first-order valence-electron chi connectivity index (χ1n) is 5.96. The van der Waals surface area contributed by atoms with Gasteiger partial charge in [-0.1, -0.05) is 6.92 Å². The molecule has 0 fully saturated rings. The average molecular weight is 233 g/mol. The quantitative estimate of drug-likeness (QED) is 0.864. The van der Waals surface area contributed by atoms with Crippen LogP contribution in [0.4, 0.5) is 0 Å². The number of nitrogens with two attached hydrogens (primary N) is 1. The zero-order valence-electron chi connectivity index (χ0n) is 10.6. The predicted molar refractivity (Wildman–Crippen MR) is 66.5 cm³/mol. The maximum Gasteiger partial charge on any atom is 0.130 e. The van der Waals surface area contributed by atoms with Crippen LogP contribution in [0.3, 0.4) is 0 Å². The molecule has 1 unspecified atom stereocenters. The third kappa shape index (κ3) is 2.10. The third-order valence-electron chi connectivity index (χ3n) is 2.97. The molecule has 17 heavy (non-hydrogen) atoms. The second kappa shape index (κ2) is 4.71. The van der Waals surface area contributed by atoms with E-state index in [0.29, 0.717) is 0 Å². The summed E-state index contributed by atoms with van der Waals surface area (Å²) in [5.74, 6) is 0.898. The fourth-order valence-electron chi connectivity index (χ4n) is 2.09. The van der Waals surface area contributed by atoms with Gasteiger partial charge < -0.3 is 10.3 Å². The molecule has 2 aromatic heterocycles. The summed E-state index contributed by atoms with van der Waals surface area (Å²) in [7, 11) is 1.92. The second-order valence-corrected chi connectivity index (χ2v) is 4.11. The summed E-state index contributed by atoms with van der Waals surface area (Å²) in [5.41, 5.74) is 8.40. The summed E-state index contributed by atoms with van der Waals surface area (Å²) in [6.45, 7) is 5.05. The zero-order valence-corrected chi connectivity index (χ0v) is 10.6. The molecule has 0 spiro atoms. The van der Waals surface area contributed by atoms with Crippen LogP contribution in [0.1, 0.15) is 37.0 Å². The summed E-state index contributed by atoms with van der Waals surface area (Å²) in [6, 6.07) is -0.200. The molecule has 2 aromatic rings. The van der Waals surface area contributed by atoms with Crippen LogP contribution in [0, 0.1) is 0 Å². The lowest BCUT2D eigenvalue weighted by Gasteiger charge is -2.12. The van der Waals surface area contributed by atoms with Gasteiger partial charge in [-0.15, -0.1) is 0 Å². The van der Waals surface area contributed by atoms with Crippen molar-refractivity contribution in [1.29, 1.82) is 0 Å². The third-order valence-corrected chi connectivity index (χ3v) is 2.97. The Labute approximate surface area is 101 Å². The van der Waals surface area contributed by atoms with Crippen molar-refractivity contribution in [2.45, 2.75) is 32.9 Å². The molecule has 1 atom stereocenters. The number of aromatic nitrogens is 4. The highest BCUT2D eigenvalue weighted by Gasteiger charge is 2.19. The summed E-state index contributed by atoms with van der Waals surface area (Å²) in [5, 5.41) is 4.42. The fourth-order valence-corrected chi connectivity index (χ4v) is 2.09. The lowest BCUT2D eigenvalue weighted by Crippen LogP contribution is -2.18. The van der Waals surface area contributed by atoms with E-state index in [4.69, 9.17) is 5.73 Å². The minimum Gasteiger partial charge on any atom is -0.334 e. The fraction of sp³-hybridized carbons (Fsp3) is 0.500. The molecule has 0 saturated heterocycles. The molecule has 0 saturated carbocycles. The van der Waals surface area contributed by atoms with Crippen molar-refractivity contribution in [2.24, 2.45) is 12.8 Å². The number of hydrogen-bond acceptors (Lipinski definition) is 3. The Hall–Kier alpha value is -1.62. The topological polar surface area (TPSA) is 61.7 Å². The van der Waals surface area contributed by atoms with Crippen molar-refractivity contribution in [3.05, 3.63) is 35.7 Å². The van der Waals surface area contributed by atoms with Crippen LogP contribution < -0.4 is 5.73 Å². The van der Waals surface area contributed by atoms with Gasteiger partial charge in [0.25, 0.3) is 0 Å². The summed E-state index contributed by atoms with van der Waals surface area (Å²) in [6.07, 6.45) is 6.62. The van der Waals surface area contributed by atoms with Crippen LogP contribution in [-0.4, -0.2) is 19.3 Å². The van der Waals surface area contributed by atoms with E-state index in [2.05, 4.69) is 28.5 Å². The molecule has 0 aliphatic heterocycles. The number of hydrogen-bond donors (Lipinski definition) is 1. The van der Waals surface area contributed by atoms with E-state index in [1.165, 1.54) is 0 Å². The average Bonchev–Trinajstić information content (AvgIpc) is 2.93. The van der Waals surface area contributed by atoms with Crippen LogP contribution >= 0.6 is 0 Å². The highest BCUT2D eigenvalue weighted by molar-refractivity contribution is 5.27. The van der Waals surface area contributed by atoms with Crippen LogP contribution in [0.2, 0.25) is 0 Å². The highest BCUT2D eigenvalue weighted by atomic mass is 15.3. The normalized spacial score (nSPS) is 12.9. The van der Waals surface area contributed by atoms with Gasteiger partial charge >= 0.3 is 0 Å². The van der Waals surface area contributed by atoms with Crippen molar-refractivity contribution >= 4 is 0 Å². The molecule has 92 valence electrons. The zero-order chi connectivity index (χ0) is 12.4. The molecular formula is C12H19N5. The SMILES string of the molecule is CCc1nn(C)cc1C(N)c1nccn1CC. The van der Waals surface area contributed by atoms with E-state index in [1.54, 1.807) is 6.20 Å². The van der Waals surface area contributed by atoms with Gasteiger partial charge in [-0.2, -0.15) is 5.10 Å². The van der Waals surface area contributed by atoms with E-state index in [1.807, 2.05) is 24.1 Å². The maximum absolute atomic E-state index is 6.29. The Morgan fingerprint density at radius 2 is 2.18 bits per heavy atom. The Balaban J connectivity index is 2.39. The number of aryl methyl sites for hydroxylation is 3. The second-order valence-electron chi connectivity index (χ2n) is 4.11. The first-order valence-corrected chi connectivity index (χ1v) is 5.96. The summed E-state index contributed by atoms with van der Waals surface area (Å²) in [4.78, 5) is 4.35. The van der Waals surface area contributed by atoms with Crippen molar-refractivity contribution in [3.63, 3.8) is 0 Å². The molecule has 5 heteroatoms. The Bertz CT molecular complexity index is 497. The van der Waals surface area contributed by atoms with Crippen LogP contribution in [-0.2, 0) is 20.0 Å². The Morgan fingerprint density at radius 1 is 1.41 bits per heavy atom. The van der Waals surface area contributed by atoms with Crippen LogP contribution in [0.25, 0.3) is 0 Å². The van der Waals surface area contributed by atoms with E-state index >= 15 is 0 Å². The van der Waals surface area contributed by atoms with Gasteiger partial charge in [0.1, 0.15) is 5.82 Å². The minimum absolute atomic E-state index is 0.200. The van der Waals surface area contributed by atoms with E-state index in [9.17, 15) is 0 Å². The van der Waals surface area contributed by atoms with Gasteiger partial charge in [-0.3, -0.25) is 4.68 Å². The minimum atomic E-state index is -0.200. The Morgan fingerprint density at radius 3 is 2.82 bits per heavy atom. The first kappa shape index (κ1) is 11.9. The largest absolute Gasteiger partial charge is 0.334 e. The molecule has 0 aromatic carbocycles. The molecule has 0 radical (unpaired) electrons. The smallest absolute Gasteiger partial charge is 0.130 e. The number of nitrogens with zero attached hydrogens (tertiary/aromatic N) is 4. The molecule has 0 aliphatic rings. The highest BCUT2D eigenvalue weighted by Crippen LogP contribution is 2.21. The van der Waals surface area contributed by atoms with Gasteiger partial charge in [0.2, 0.25) is 0 Å². The first-order chi connectivity index (χ1) is 8.17. The van der Waals surface area contributed by atoms with Crippen LogP contribution in [0.5, 0.6) is 0 Å². The van der Waals surface area contributed by atoms with Crippen molar-refractivity contribution < 1.29 is 0 Å². The molecule has 0 amide bonds. The number of rotatable bonds is 4. The van der Waals surface area contributed by atoms with E-state index in [-0.39, 0.29) is 6.04 Å². The van der Waals surface area contributed by atoms with Gasteiger partial charge in [0.15, 0.2) is 0 Å². The molecule has 2 rings (SSSR count). The van der Waals surface area contributed by atoms with Crippen LogP contribution in [0.15, 0.2) is 18.6 Å².